The Morgan fingerprint density at radius 2 is 1.85 bits per heavy atom. The molecule has 1 N–H and O–H groups in total. The molecule has 5 aromatic rings. The minimum Gasteiger partial charge on any atom is -0.494 e. The highest BCUT2D eigenvalue weighted by atomic mass is 35.5. The predicted octanol–water partition coefficient (Wildman–Crippen LogP) is 5.14. The van der Waals surface area contributed by atoms with Crippen LogP contribution in [0.2, 0.25) is 5.02 Å². The van der Waals surface area contributed by atoms with Gasteiger partial charge < -0.3 is 14.6 Å². The maximum absolute atomic E-state index is 14.6. The third kappa shape index (κ3) is 4.58. The van der Waals surface area contributed by atoms with Crippen molar-refractivity contribution < 1.29 is 9.13 Å². The fourth-order valence-electron chi connectivity index (χ4n) is 3.86. The molecule has 0 saturated carbocycles. The van der Waals surface area contributed by atoms with Crippen molar-refractivity contribution in [3.8, 4) is 5.75 Å². The number of aromatic nitrogens is 5. The van der Waals surface area contributed by atoms with Gasteiger partial charge in [-0.1, -0.05) is 35.9 Å². The second kappa shape index (κ2) is 9.52. The van der Waals surface area contributed by atoms with E-state index in [1.807, 2.05) is 29.3 Å². The van der Waals surface area contributed by atoms with Crippen LogP contribution in [0.25, 0.3) is 10.8 Å². The Hall–Kier alpha value is -3.91. The van der Waals surface area contributed by atoms with Gasteiger partial charge in [0.25, 0.3) is 0 Å². The lowest BCUT2D eigenvalue weighted by Crippen LogP contribution is -2.06. The fraction of sp³-hybridized carbons (Fsp3) is 0.160. The molecule has 0 amide bonds. The molecular weight excluding hydrogens is 455 g/mol. The SMILES string of the molecule is COc1ccc(Cl)c(CNc2nncc3cn(Cc4ccc(Cn5cccn5)cc4)cc23)c1F. The number of hydrogen-bond acceptors (Lipinski definition) is 5. The first-order valence-corrected chi connectivity index (χ1v) is 11.1. The van der Waals surface area contributed by atoms with E-state index < -0.39 is 5.82 Å². The molecule has 0 atom stereocenters. The van der Waals surface area contributed by atoms with Gasteiger partial charge in [-0.25, -0.2) is 4.39 Å². The second-order valence-corrected chi connectivity index (χ2v) is 8.32. The van der Waals surface area contributed by atoms with Crippen LogP contribution >= 0.6 is 11.6 Å². The van der Waals surface area contributed by atoms with E-state index in [1.165, 1.54) is 24.3 Å². The first-order chi connectivity index (χ1) is 16.6. The van der Waals surface area contributed by atoms with Crippen LogP contribution in [0.3, 0.4) is 0 Å². The van der Waals surface area contributed by atoms with Gasteiger partial charge in [0.2, 0.25) is 0 Å². The highest BCUT2D eigenvalue weighted by Gasteiger charge is 2.14. The zero-order valence-electron chi connectivity index (χ0n) is 18.4. The average Bonchev–Trinajstić information content (AvgIpc) is 3.50. The number of nitrogens with one attached hydrogen (secondary N) is 1. The van der Waals surface area contributed by atoms with Crippen LogP contribution in [0, 0.1) is 5.82 Å². The van der Waals surface area contributed by atoms with Gasteiger partial charge in [-0.05, 0) is 29.3 Å². The molecule has 0 radical (unpaired) electrons. The molecular formula is C25H22ClFN6O. The summed E-state index contributed by atoms with van der Waals surface area (Å²) in [6, 6.07) is 13.5. The van der Waals surface area contributed by atoms with Gasteiger partial charge in [-0.15, -0.1) is 5.10 Å². The topological polar surface area (TPSA) is 69.8 Å². The van der Waals surface area contributed by atoms with Crippen LogP contribution in [-0.2, 0) is 19.6 Å². The first-order valence-electron chi connectivity index (χ1n) is 10.7. The second-order valence-electron chi connectivity index (χ2n) is 7.91. The quantitative estimate of drug-likeness (QED) is 0.336. The molecule has 0 aliphatic carbocycles. The number of halogens is 2. The summed E-state index contributed by atoms with van der Waals surface area (Å²) in [6.45, 7) is 1.59. The Bertz CT molecular complexity index is 1420. The van der Waals surface area contributed by atoms with Gasteiger partial charge in [0.1, 0.15) is 0 Å². The molecule has 0 unspecified atom stereocenters. The van der Waals surface area contributed by atoms with Crippen molar-refractivity contribution in [3.63, 3.8) is 0 Å². The number of benzene rings is 2. The predicted molar refractivity (Wildman–Crippen MR) is 130 cm³/mol. The zero-order chi connectivity index (χ0) is 23.5. The van der Waals surface area contributed by atoms with Crippen molar-refractivity contribution in [2.75, 3.05) is 12.4 Å². The zero-order valence-corrected chi connectivity index (χ0v) is 19.2. The van der Waals surface area contributed by atoms with Crippen LogP contribution in [-0.4, -0.2) is 31.7 Å². The van der Waals surface area contributed by atoms with Gasteiger partial charge in [0.05, 0.1) is 19.9 Å². The molecule has 3 aromatic heterocycles. The van der Waals surface area contributed by atoms with E-state index >= 15 is 0 Å². The lowest BCUT2D eigenvalue weighted by atomic mass is 10.1. The van der Waals surface area contributed by atoms with Crippen LogP contribution in [0.5, 0.6) is 5.75 Å². The molecule has 3 heterocycles. The molecule has 34 heavy (non-hydrogen) atoms. The van der Waals surface area contributed by atoms with E-state index in [-0.39, 0.29) is 12.3 Å². The van der Waals surface area contributed by atoms with Crippen molar-refractivity contribution in [3.05, 3.63) is 101 Å². The minimum atomic E-state index is -0.490. The van der Waals surface area contributed by atoms with E-state index in [9.17, 15) is 4.39 Å². The number of nitrogens with zero attached hydrogens (tertiary/aromatic N) is 5. The summed E-state index contributed by atoms with van der Waals surface area (Å²) >= 11 is 6.21. The summed E-state index contributed by atoms with van der Waals surface area (Å²) in [6.07, 6.45) is 9.46. The number of ether oxygens (including phenoxy) is 1. The van der Waals surface area contributed by atoms with Crippen LogP contribution in [0.1, 0.15) is 16.7 Å². The van der Waals surface area contributed by atoms with Crippen LogP contribution < -0.4 is 10.1 Å². The van der Waals surface area contributed by atoms with Gasteiger partial charge in [-0.3, -0.25) is 4.68 Å². The monoisotopic (exact) mass is 476 g/mol. The van der Waals surface area contributed by atoms with Crippen molar-refractivity contribution in [1.29, 1.82) is 0 Å². The minimum absolute atomic E-state index is 0.146. The van der Waals surface area contributed by atoms with Gasteiger partial charge >= 0.3 is 0 Å². The van der Waals surface area contributed by atoms with Crippen molar-refractivity contribution in [2.45, 2.75) is 19.6 Å². The molecule has 0 bridgehead atoms. The van der Waals surface area contributed by atoms with E-state index in [4.69, 9.17) is 16.3 Å². The highest BCUT2D eigenvalue weighted by molar-refractivity contribution is 6.31. The van der Waals surface area contributed by atoms with Crippen LogP contribution in [0.4, 0.5) is 10.2 Å². The average molecular weight is 477 g/mol. The normalized spacial score (nSPS) is 11.1. The Morgan fingerprint density at radius 3 is 2.59 bits per heavy atom. The molecule has 0 aliphatic rings. The fourth-order valence-corrected chi connectivity index (χ4v) is 4.07. The Morgan fingerprint density at radius 1 is 1.06 bits per heavy atom. The van der Waals surface area contributed by atoms with E-state index in [0.717, 1.165) is 17.3 Å². The van der Waals surface area contributed by atoms with Gasteiger partial charge in [0.15, 0.2) is 17.4 Å². The van der Waals surface area contributed by atoms with Gasteiger partial charge in [-0.2, -0.15) is 10.2 Å². The maximum atomic E-state index is 14.6. The smallest absolute Gasteiger partial charge is 0.171 e. The molecule has 7 nitrogen and oxygen atoms in total. The summed E-state index contributed by atoms with van der Waals surface area (Å²) < 4.78 is 23.7. The standard InChI is InChI=1S/C25H22ClFN6O/c1-34-23-8-7-22(26)20(24(23)27)12-28-25-21-16-32(15-19(21)11-29-31-25)13-17-3-5-18(6-4-17)14-33-10-2-9-30-33/h2-11,15-16H,12-14H2,1H3,(H,28,31). The number of hydrogen-bond donors (Lipinski definition) is 1. The third-order valence-corrected chi connectivity index (χ3v) is 5.97. The number of anilines is 1. The van der Waals surface area contributed by atoms with Gasteiger partial charge in [0, 0.05) is 59.2 Å². The number of rotatable bonds is 8. The largest absolute Gasteiger partial charge is 0.494 e. The lowest BCUT2D eigenvalue weighted by molar-refractivity contribution is 0.384. The van der Waals surface area contributed by atoms with Crippen molar-refractivity contribution >= 4 is 28.2 Å². The summed E-state index contributed by atoms with van der Waals surface area (Å²) in [5.41, 5.74) is 2.67. The van der Waals surface area contributed by atoms with E-state index in [0.29, 0.717) is 22.9 Å². The molecule has 172 valence electrons. The summed E-state index contributed by atoms with van der Waals surface area (Å²) in [5, 5.41) is 17.9. The Balaban J connectivity index is 1.32. The van der Waals surface area contributed by atoms with Crippen LogP contribution in [0.15, 0.2) is 73.4 Å². The van der Waals surface area contributed by atoms with Crippen molar-refractivity contribution in [2.24, 2.45) is 0 Å². The van der Waals surface area contributed by atoms with Crippen molar-refractivity contribution in [1.82, 2.24) is 24.5 Å². The molecule has 0 aliphatic heterocycles. The summed E-state index contributed by atoms with van der Waals surface area (Å²) in [4.78, 5) is 0. The van der Waals surface area contributed by atoms with E-state index in [2.05, 4.69) is 49.4 Å². The Kier molecular flexibility index (Phi) is 6.14. The maximum Gasteiger partial charge on any atom is 0.171 e. The summed E-state index contributed by atoms with van der Waals surface area (Å²) in [7, 11) is 1.42. The Labute approximate surface area is 200 Å². The molecule has 9 heteroatoms. The molecule has 5 rings (SSSR count). The molecule has 0 spiro atoms. The molecule has 2 aromatic carbocycles. The van der Waals surface area contributed by atoms with E-state index in [1.54, 1.807) is 18.5 Å². The molecule has 0 fully saturated rings. The highest BCUT2D eigenvalue weighted by Crippen LogP contribution is 2.29. The lowest BCUT2D eigenvalue weighted by Gasteiger charge is -2.11. The molecule has 0 saturated heterocycles. The third-order valence-electron chi connectivity index (χ3n) is 5.62. The first kappa shape index (κ1) is 21.9. The number of fused-ring (bicyclic) bond motifs is 1. The number of methoxy groups -OCH3 is 1. The summed E-state index contributed by atoms with van der Waals surface area (Å²) in [5.74, 6) is 0.215.